The molecule has 126 valence electrons. The van der Waals surface area contributed by atoms with Crippen LogP contribution in [0, 0.1) is 16.0 Å². The first-order valence-corrected chi connectivity index (χ1v) is 6.85. The number of piperidine rings is 1. The van der Waals surface area contributed by atoms with Gasteiger partial charge in [-0.1, -0.05) is 0 Å². The van der Waals surface area contributed by atoms with E-state index >= 15 is 0 Å². The molecule has 10 heteroatoms. The number of nitrogens with two attached hydrogens (primary N) is 1. The molecule has 8 nitrogen and oxygen atoms in total. The van der Waals surface area contributed by atoms with Gasteiger partial charge in [-0.25, -0.2) is 13.8 Å². The normalized spacial score (nSPS) is 20.2. The number of alkyl halides is 2. The zero-order valence-electron chi connectivity index (χ0n) is 12.7. The summed E-state index contributed by atoms with van der Waals surface area (Å²) in [7, 11) is 3.00. The van der Waals surface area contributed by atoms with Crippen LogP contribution in [0.5, 0.6) is 0 Å². The van der Waals surface area contributed by atoms with Crippen molar-refractivity contribution < 1.29 is 18.5 Å². The van der Waals surface area contributed by atoms with Crippen LogP contribution in [0.25, 0.3) is 0 Å². The highest BCUT2D eigenvalue weighted by Gasteiger charge is 2.44. The van der Waals surface area contributed by atoms with Crippen molar-refractivity contribution in [2.45, 2.75) is 12.3 Å². The van der Waals surface area contributed by atoms with E-state index in [1.165, 1.54) is 30.0 Å². The second-order valence-electron chi connectivity index (χ2n) is 5.70. The summed E-state index contributed by atoms with van der Waals surface area (Å²) in [5.74, 6) is -4.61. The molecule has 1 atom stereocenters. The Morgan fingerprint density at radius 1 is 1.52 bits per heavy atom. The third kappa shape index (κ3) is 3.63. The average molecular weight is 329 g/mol. The SMILES string of the molecule is CN(C)C(=O)C1CN(c2ccc([N+](=O)[O-])c(N)n2)CC(F)(F)C1. The molecule has 1 aliphatic rings. The van der Waals surface area contributed by atoms with E-state index in [2.05, 4.69) is 4.98 Å². The Kier molecular flexibility index (Phi) is 4.35. The van der Waals surface area contributed by atoms with Gasteiger partial charge in [-0.15, -0.1) is 0 Å². The van der Waals surface area contributed by atoms with Crippen molar-refractivity contribution in [1.29, 1.82) is 0 Å². The quantitative estimate of drug-likeness (QED) is 0.658. The Balaban J connectivity index is 2.29. The van der Waals surface area contributed by atoms with Crippen LogP contribution in [-0.2, 0) is 4.79 Å². The van der Waals surface area contributed by atoms with E-state index in [-0.39, 0.29) is 18.2 Å². The first kappa shape index (κ1) is 16.8. The Bertz CT molecular complexity index is 638. The number of rotatable bonds is 3. The fourth-order valence-corrected chi connectivity index (χ4v) is 2.59. The number of anilines is 2. The van der Waals surface area contributed by atoms with Gasteiger partial charge in [0.05, 0.1) is 17.4 Å². The van der Waals surface area contributed by atoms with Gasteiger partial charge >= 0.3 is 5.69 Å². The Morgan fingerprint density at radius 2 is 2.17 bits per heavy atom. The number of carbonyl (C=O) groups excluding carboxylic acids is 1. The maximum Gasteiger partial charge on any atom is 0.311 e. The molecule has 0 radical (unpaired) electrons. The van der Waals surface area contributed by atoms with Gasteiger partial charge in [0, 0.05) is 33.1 Å². The number of halogens is 2. The predicted octanol–water partition coefficient (Wildman–Crippen LogP) is 1.12. The number of nitro groups is 1. The molecule has 2 rings (SSSR count). The number of nitrogens with zero attached hydrogens (tertiary/aromatic N) is 4. The number of pyridine rings is 1. The highest BCUT2D eigenvalue weighted by molar-refractivity contribution is 5.79. The van der Waals surface area contributed by atoms with Gasteiger partial charge in [0.2, 0.25) is 11.7 Å². The van der Waals surface area contributed by atoms with Gasteiger partial charge < -0.3 is 15.5 Å². The second kappa shape index (κ2) is 5.94. The van der Waals surface area contributed by atoms with Crippen LogP contribution in [0.2, 0.25) is 0 Å². The molecule has 1 aliphatic heterocycles. The van der Waals surface area contributed by atoms with Gasteiger partial charge in [0.1, 0.15) is 5.82 Å². The molecule has 1 aromatic rings. The van der Waals surface area contributed by atoms with Crippen LogP contribution in [0.4, 0.5) is 26.1 Å². The smallest absolute Gasteiger partial charge is 0.311 e. The van der Waals surface area contributed by atoms with Crippen LogP contribution in [0.1, 0.15) is 6.42 Å². The summed E-state index contributed by atoms with van der Waals surface area (Å²) in [5, 5.41) is 10.7. The van der Waals surface area contributed by atoms with E-state index in [0.29, 0.717) is 0 Å². The molecule has 2 heterocycles. The Hall–Kier alpha value is -2.52. The van der Waals surface area contributed by atoms with Crippen molar-refractivity contribution in [1.82, 2.24) is 9.88 Å². The molecule has 0 aliphatic carbocycles. The van der Waals surface area contributed by atoms with Gasteiger partial charge in [0.15, 0.2) is 0 Å². The van der Waals surface area contributed by atoms with Crippen LogP contribution in [0.15, 0.2) is 12.1 Å². The second-order valence-corrected chi connectivity index (χ2v) is 5.70. The summed E-state index contributed by atoms with van der Waals surface area (Å²) in [4.78, 5) is 28.4. The molecular formula is C13H17F2N5O3. The fourth-order valence-electron chi connectivity index (χ4n) is 2.59. The molecule has 1 unspecified atom stereocenters. The Morgan fingerprint density at radius 3 is 2.70 bits per heavy atom. The monoisotopic (exact) mass is 329 g/mol. The number of aromatic nitrogens is 1. The summed E-state index contributed by atoms with van der Waals surface area (Å²) in [6, 6.07) is 2.38. The van der Waals surface area contributed by atoms with Gasteiger partial charge in [-0.3, -0.25) is 14.9 Å². The van der Waals surface area contributed by atoms with E-state index in [1.54, 1.807) is 0 Å². The highest BCUT2D eigenvalue weighted by atomic mass is 19.3. The summed E-state index contributed by atoms with van der Waals surface area (Å²) in [5.41, 5.74) is 5.11. The molecule has 1 aromatic heterocycles. The van der Waals surface area contributed by atoms with Crippen molar-refractivity contribution in [3.8, 4) is 0 Å². The van der Waals surface area contributed by atoms with Gasteiger partial charge in [-0.05, 0) is 6.07 Å². The van der Waals surface area contributed by atoms with Crippen LogP contribution < -0.4 is 10.6 Å². The molecule has 2 N–H and O–H groups in total. The highest BCUT2D eigenvalue weighted by Crippen LogP contribution is 2.34. The minimum Gasteiger partial charge on any atom is -0.378 e. The molecule has 0 bridgehead atoms. The number of nitrogen functional groups attached to an aromatic ring is 1. The van der Waals surface area contributed by atoms with E-state index in [4.69, 9.17) is 5.73 Å². The molecule has 1 fully saturated rings. The standard InChI is InChI=1S/C13H17F2N5O3/c1-18(2)12(21)8-5-13(14,15)7-19(6-8)10-4-3-9(20(22)23)11(16)17-10/h3-4,8H,5-7H2,1-2H3,(H2,16,17). The lowest BCUT2D eigenvalue weighted by Gasteiger charge is -2.38. The molecule has 1 amide bonds. The van der Waals surface area contributed by atoms with Crippen molar-refractivity contribution >= 4 is 23.2 Å². The molecule has 0 spiro atoms. The molecule has 0 saturated carbocycles. The first-order chi connectivity index (χ1) is 10.6. The van der Waals surface area contributed by atoms with E-state index in [9.17, 15) is 23.7 Å². The van der Waals surface area contributed by atoms with Crippen LogP contribution in [0.3, 0.4) is 0 Å². The average Bonchev–Trinajstić information content (AvgIpc) is 2.44. The lowest BCUT2D eigenvalue weighted by atomic mass is 9.94. The van der Waals surface area contributed by atoms with Crippen molar-refractivity contribution in [2.24, 2.45) is 5.92 Å². The lowest BCUT2D eigenvalue weighted by molar-refractivity contribution is -0.384. The van der Waals surface area contributed by atoms with Crippen LogP contribution in [-0.4, -0.2) is 53.8 Å². The van der Waals surface area contributed by atoms with E-state index < -0.39 is 41.3 Å². The molecule has 23 heavy (non-hydrogen) atoms. The molecular weight excluding hydrogens is 312 g/mol. The maximum atomic E-state index is 13.9. The number of hydrogen-bond acceptors (Lipinski definition) is 6. The number of carbonyl (C=O) groups is 1. The van der Waals surface area contributed by atoms with Crippen molar-refractivity contribution in [2.75, 3.05) is 37.8 Å². The first-order valence-electron chi connectivity index (χ1n) is 6.85. The minimum atomic E-state index is -3.06. The predicted molar refractivity (Wildman–Crippen MR) is 79.3 cm³/mol. The summed E-state index contributed by atoms with van der Waals surface area (Å²) < 4.78 is 27.9. The summed E-state index contributed by atoms with van der Waals surface area (Å²) in [6.07, 6.45) is -0.539. The largest absolute Gasteiger partial charge is 0.378 e. The third-order valence-corrected chi connectivity index (χ3v) is 3.61. The zero-order valence-corrected chi connectivity index (χ0v) is 12.7. The third-order valence-electron chi connectivity index (χ3n) is 3.61. The van der Waals surface area contributed by atoms with Gasteiger partial charge in [0.25, 0.3) is 5.92 Å². The topological polar surface area (TPSA) is 106 Å². The molecule has 1 saturated heterocycles. The van der Waals surface area contributed by atoms with Crippen LogP contribution >= 0.6 is 0 Å². The van der Waals surface area contributed by atoms with Gasteiger partial charge in [-0.2, -0.15) is 0 Å². The fraction of sp³-hybridized carbons (Fsp3) is 0.538. The van der Waals surface area contributed by atoms with E-state index in [1.807, 2.05) is 0 Å². The Labute approximate surface area is 131 Å². The summed E-state index contributed by atoms with van der Waals surface area (Å²) >= 11 is 0. The number of hydrogen-bond donors (Lipinski definition) is 1. The van der Waals surface area contributed by atoms with Crippen molar-refractivity contribution in [3.05, 3.63) is 22.2 Å². The zero-order chi connectivity index (χ0) is 17.4. The summed E-state index contributed by atoms with van der Waals surface area (Å²) in [6.45, 7) is -0.564. The maximum absolute atomic E-state index is 13.9. The number of amides is 1. The van der Waals surface area contributed by atoms with Crippen molar-refractivity contribution in [3.63, 3.8) is 0 Å². The molecule has 0 aromatic carbocycles. The minimum absolute atomic E-state index is 0.0524. The lowest BCUT2D eigenvalue weighted by Crippen LogP contribution is -2.51. The van der Waals surface area contributed by atoms with E-state index in [0.717, 1.165) is 6.07 Å².